The fourth-order valence-electron chi connectivity index (χ4n) is 2.41. The fraction of sp³-hybridized carbons (Fsp3) is 0.353. The molecule has 1 aromatic heterocycles. The third-order valence-electron chi connectivity index (χ3n) is 3.77. The monoisotopic (exact) mass is 329 g/mol. The Morgan fingerprint density at radius 3 is 2.46 bits per heavy atom. The molecule has 2 rings (SSSR count). The van der Waals surface area contributed by atoms with Gasteiger partial charge < -0.3 is 16.0 Å². The number of aryl methyl sites for hydroxylation is 3. The highest BCUT2D eigenvalue weighted by molar-refractivity contribution is 5.95. The predicted molar refractivity (Wildman–Crippen MR) is 95.3 cm³/mol. The second kappa shape index (κ2) is 7.16. The Balaban J connectivity index is 2.02. The molecule has 0 fully saturated rings. The molecule has 0 aliphatic carbocycles. The first-order valence-electron chi connectivity index (χ1n) is 7.70. The summed E-state index contributed by atoms with van der Waals surface area (Å²) in [5.41, 5.74) is 4.92. The number of hydrogen-bond donors (Lipinski definition) is 3. The van der Waals surface area contributed by atoms with Crippen LogP contribution in [0.3, 0.4) is 0 Å². The molecule has 24 heavy (non-hydrogen) atoms. The van der Waals surface area contributed by atoms with E-state index in [1.54, 1.807) is 4.68 Å². The quantitative estimate of drug-likeness (QED) is 0.786. The van der Waals surface area contributed by atoms with Gasteiger partial charge in [0.25, 0.3) is 0 Å². The third kappa shape index (κ3) is 4.13. The minimum atomic E-state index is -0.154. The van der Waals surface area contributed by atoms with Crippen LogP contribution in [0, 0.1) is 20.8 Å². The lowest BCUT2D eigenvalue weighted by molar-refractivity contribution is -0.115. The number of carbonyl (C=O) groups is 2. The number of nitrogens with one attached hydrogen (secondary N) is 3. The molecular formula is C17H23N5O2. The van der Waals surface area contributed by atoms with Crippen molar-refractivity contribution in [1.29, 1.82) is 0 Å². The molecule has 3 N–H and O–H groups in total. The molecule has 1 aromatic carbocycles. The van der Waals surface area contributed by atoms with Crippen LogP contribution in [0.4, 0.5) is 17.1 Å². The van der Waals surface area contributed by atoms with E-state index in [2.05, 4.69) is 21.0 Å². The van der Waals surface area contributed by atoms with E-state index in [9.17, 15) is 9.59 Å². The summed E-state index contributed by atoms with van der Waals surface area (Å²) in [6.07, 6.45) is 0. The van der Waals surface area contributed by atoms with Crippen LogP contribution in [0.15, 0.2) is 18.2 Å². The summed E-state index contributed by atoms with van der Waals surface area (Å²) in [5, 5.41) is 13.0. The van der Waals surface area contributed by atoms with Crippen LogP contribution in [0.2, 0.25) is 0 Å². The second-order valence-corrected chi connectivity index (χ2v) is 5.78. The zero-order valence-corrected chi connectivity index (χ0v) is 14.7. The molecule has 0 saturated carbocycles. The van der Waals surface area contributed by atoms with Gasteiger partial charge in [-0.2, -0.15) is 5.10 Å². The number of aromatic nitrogens is 2. The maximum Gasteiger partial charge on any atom is 0.243 e. The Hall–Kier alpha value is -2.83. The van der Waals surface area contributed by atoms with E-state index >= 15 is 0 Å². The largest absolute Gasteiger partial charge is 0.376 e. The van der Waals surface area contributed by atoms with Crippen LogP contribution in [-0.2, 0) is 16.6 Å². The van der Waals surface area contributed by atoms with E-state index in [-0.39, 0.29) is 18.4 Å². The Labute approximate surface area is 141 Å². The smallest absolute Gasteiger partial charge is 0.243 e. The molecule has 128 valence electrons. The first kappa shape index (κ1) is 17.5. The summed E-state index contributed by atoms with van der Waals surface area (Å²) in [6.45, 7) is 7.28. The Kier molecular flexibility index (Phi) is 5.23. The predicted octanol–water partition coefficient (Wildman–Crippen LogP) is 2.35. The summed E-state index contributed by atoms with van der Waals surface area (Å²) in [7, 11) is 1.84. The molecule has 0 radical (unpaired) electrons. The van der Waals surface area contributed by atoms with E-state index in [0.29, 0.717) is 5.69 Å². The van der Waals surface area contributed by atoms with Crippen molar-refractivity contribution in [2.24, 2.45) is 7.05 Å². The van der Waals surface area contributed by atoms with Crippen molar-refractivity contribution in [3.8, 4) is 0 Å². The van der Waals surface area contributed by atoms with Crippen LogP contribution in [-0.4, -0.2) is 28.1 Å². The molecule has 0 atom stereocenters. The van der Waals surface area contributed by atoms with E-state index in [1.165, 1.54) is 6.92 Å². The molecule has 2 aromatic rings. The molecule has 0 bridgehead atoms. The van der Waals surface area contributed by atoms with Crippen molar-refractivity contribution in [1.82, 2.24) is 9.78 Å². The van der Waals surface area contributed by atoms with E-state index in [0.717, 1.165) is 28.3 Å². The van der Waals surface area contributed by atoms with Gasteiger partial charge in [-0.3, -0.25) is 14.3 Å². The van der Waals surface area contributed by atoms with Crippen molar-refractivity contribution in [3.63, 3.8) is 0 Å². The van der Waals surface area contributed by atoms with Crippen LogP contribution in [0.1, 0.15) is 23.9 Å². The van der Waals surface area contributed by atoms with Crippen LogP contribution in [0.25, 0.3) is 0 Å². The zero-order valence-electron chi connectivity index (χ0n) is 14.7. The molecule has 0 spiro atoms. The summed E-state index contributed by atoms with van der Waals surface area (Å²) in [5.74, 6) is -0.288. The highest BCUT2D eigenvalue weighted by atomic mass is 16.2. The van der Waals surface area contributed by atoms with Crippen molar-refractivity contribution in [3.05, 3.63) is 35.2 Å². The first-order valence-corrected chi connectivity index (χ1v) is 7.70. The number of anilines is 3. The molecule has 0 saturated heterocycles. The Morgan fingerprint density at radius 2 is 1.88 bits per heavy atom. The number of benzene rings is 1. The van der Waals surface area contributed by atoms with Gasteiger partial charge >= 0.3 is 0 Å². The topological polar surface area (TPSA) is 88.1 Å². The molecule has 7 heteroatoms. The van der Waals surface area contributed by atoms with Crippen molar-refractivity contribution in [2.75, 3.05) is 22.5 Å². The van der Waals surface area contributed by atoms with Crippen molar-refractivity contribution in [2.45, 2.75) is 27.7 Å². The van der Waals surface area contributed by atoms with Gasteiger partial charge in [-0.05, 0) is 38.5 Å². The fourth-order valence-corrected chi connectivity index (χ4v) is 2.41. The highest BCUT2D eigenvalue weighted by Gasteiger charge is 2.12. The summed E-state index contributed by atoms with van der Waals surface area (Å²) >= 11 is 0. The lowest BCUT2D eigenvalue weighted by Crippen LogP contribution is -2.22. The average molecular weight is 329 g/mol. The van der Waals surface area contributed by atoms with Gasteiger partial charge in [0, 0.05) is 25.3 Å². The van der Waals surface area contributed by atoms with E-state index in [4.69, 9.17) is 0 Å². The Bertz CT molecular complexity index is 780. The van der Waals surface area contributed by atoms with Gasteiger partial charge in [-0.25, -0.2) is 0 Å². The number of nitrogens with zero attached hydrogens (tertiary/aromatic N) is 2. The molecule has 7 nitrogen and oxygen atoms in total. The summed E-state index contributed by atoms with van der Waals surface area (Å²) < 4.78 is 1.74. The minimum absolute atomic E-state index is 0.123. The minimum Gasteiger partial charge on any atom is -0.376 e. The van der Waals surface area contributed by atoms with Gasteiger partial charge in [0.05, 0.1) is 23.6 Å². The lowest BCUT2D eigenvalue weighted by atomic mass is 10.1. The van der Waals surface area contributed by atoms with Crippen molar-refractivity contribution >= 4 is 28.9 Å². The standard InChI is InChI=1S/C17H23N5O2/c1-10-6-7-14(19-13(4)23)8-15(10)18-9-16(24)20-17-11(2)21-22(5)12(17)3/h6-8,18H,9H2,1-5H3,(H,19,23)(H,20,24). The molecule has 0 aliphatic rings. The molecular weight excluding hydrogens is 306 g/mol. The maximum atomic E-state index is 12.2. The van der Waals surface area contributed by atoms with Gasteiger partial charge in [0.15, 0.2) is 0 Å². The average Bonchev–Trinajstić information content (AvgIpc) is 2.73. The summed E-state index contributed by atoms with van der Waals surface area (Å²) in [6, 6.07) is 5.52. The lowest BCUT2D eigenvalue weighted by Gasteiger charge is -2.12. The van der Waals surface area contributed by atoms with Gasteiger partial charge in [0.1, 0.15) is 0 Å². The zero-order chi connectivity index (χ0) is 17.9. The SMILES string of the molecule is CC(=O)Nc1ccc(C)c(NCC(=O)Nc2c(C)nn(C)c2C)c1. The van der Waals surface area contributed by atoms with E-state index in [1.807, 2.05) is 46.0 Å². The van der Waals surface area contributed by atoms with Gasteiger partial charge in [-0.1, -0.05) is 6.07 Å². The summed E-state index contributed by atoms with van der Waals surface area (Å²) in [4.78, 5) is 23.3. The number of carbonyl (C=O) groups excluding carboxylic acids is 2. The third-order valence-corrected chi connectivity index (χ3v) is 3.77. The Morgan fingerprint density at radius 1 is 1.17 bits per heavy atom. The number of amides is 2. The maximum absolute atomic E-state index is 12.2. The highest BCUT2D eigenvalue weighted by Crippen LogP contribution is 2.21. The first-order chi connectivity index (χ1) is 11.3. The van der Waals surface area contributed by atoms with Crippen LogP contribution < -0.4 is 16.0 Å². The number of hydrogen-bond acceptors (Lipinski definition) is 4. The molecule has 0 aliphatic heterocycles. The van der Waals surface area contributed by atoms with Crippen LogP contribution >= 0.6 is 0 Å². The molecule has 2 amide bonds. The van der Waals surface area contributed by atoms with E-state index < -0.39 is 0 Å². The second-order valence-electron chi connectivity index (χ2n) is 5.78. The van der Waals surface area contributed by atoms with Crippen molar-refractivity contribution < 1.29 is 9.59 Å². The number of rotatable bonds is 5. The van der Waals surface area contributed by atoms with Crippen LogP contribution in [0.5, 0.6) is 0 Å². The molecule has 0 unspecified atom stereocenters. The normalized spacial score (nSPS) is 10.4. The van der Waals surface area contributed by atoms with Gasteiger partial charge in [-0.15, -0.1) is 0 Å². The van der Waals surface area contributed by atoms with Gasteiger partial charge in [0.2, 0.25) is 11.8 Å². The molecule has 1 heterocycles.